The lowest BCUT2D eigenvalue weighted by molar-refractivity contribution is -0.120. The molecule has 2 heterocycles. The third kappa shape index (κ3) is 3.53. The van der Waals surface area contributed by atoms with Crippen LogP contribution in [0.4, 0.5) is 0 Å². The van der Waals surface area contributed by atoms with Crippen molar-refractivity contribution in [3.8, 4) is 11.6 Å². The Hall–Kier alpha value is -2.54. The van der Waals surface area contributed by atoms with Gasteiger partial charge in [0.1, 0.15) is 5.25 Å². The first-order chi connectivity index (χ1) is 12.8. The van der Waals surface area contributed by atoms with E-state index in [-0.39, 0.29) is 11.2 Å². The molecule has 1 unspecified atom stereocenters. The van der Waals surface area contributed by atoms with E-state index in [0.717, 1.165) is 18.4 Å². The van der Waals surface area contributed by atoms with Gasteiger partial charge in [-0.05, 0) is 37.5 Å². The van der Waals surface area contributed by atoms with Crippen LogP contribution in [-0.2, 0) is 11.3 Å². The average molecular weight is 368 g/mol. The van der Waals surface area contributed by atoms with Crippen LogP contribution in [0, 0.1) is 0 Å². The molecule has 1 saturated carbocycles. The van der Waals surface area contributed by atoms with Gasteiger partial charge in [0.2, 0.25) is 5.91 Å². The zero-order chi connectivity index (χ0) is 17.9. The molecular formula is C19H20N4O2S. The van der Waals surface area contributed by atoms with Crippen LogP contribution in [-0.4, -0.2) is 26.7 Å². The van der Waals surface area contributed by atoms with Crippen LogP contribution in [0.2, 0.25) is 0 Å². The summed E-state index contributed by atoms with van der Waals surface area (Å²) in [5.41, 5.74) is 0.959. The first-order valence-electron chi connectivity index (χ1n) is 8.75. The van der Waals surface area contributed by atoms with E-state index in [1.165, 1.54) is 11.8 Å². The Morgan fingerprint density at radius 2 is 2.08 bits per heavy atom. The van der Waals surface area contributed by atoms with E-state index in [1.54, 1.807) is 6.26 Å². The molecule has 0 bridgehead atoms. The maximum Gasteiger partial charge on any atom is 0.238 e. The second-order valence-corrected chi connectivity index (χ2v) is 7.29. The molecule has 0 aliphatic heterocycles. The van der Waals surface area contributed by atoms with E-state index in [9.17, 15) is 4.79 Å². The van der Waals surface area contributed by atoms with Crippen molar-refractivity contribution in [1.29, 1.82) is 0 Å². The summed E-state index contributed by atoms with van der Waals surface area (Å²) in [5, 5.41) is 12.0. The second-order valence-electron chi connectivity index (χ2n) is 6.22. The molecule has 6 nitrogen and oxygen atoms in total. The van der Waals surface area contributed by atoms with Gasteiger partial charge in [-0.1, -0.05) is 42.1 Å². The number of carbonyl (C=O) groups is 1. The highest BCUT2D eigenvalue weighted by molar-refractivity contribution is 8.00. The van der Waals surface area contributed by atoms with Gasteiger partial charge in [-0.3, -0.25) is 9.36 Å². The van der Waals surface area contributed by atoms with Gasteiger partial charge in [-0.25, -0.2) is 0 Å². The summed E-state index contributed by atoms with van der Waals surface area (Å²) in [6.07, 6.45) is 3.74. The fraction of sp³-hybridized carbons (Fsp3) is 0.316. The standard InChI is InChI=1S/C19H20N4O2S/c1-2-23-17(15-9-6-12-25-15)21-22-19(23)26-16(13-7-4-3-5-8-13)18(24)20-14-10-11-14/h3-9,12,14,16H,2,10-11H2,1H3,(H,20,24). The second kappa shape index (κ2) is 7.37. The number of carbonyl (C=O) groups excluding carboxylic acids is 1. The first-order valence-corrected chi connectivity index (χ1v) is 9.63. The van der Waals surface area contributed by atoms with Crippen molar-refractivity contribution in [2.24, 2.45) is 0 Å². The SMILES string of the molecule is CCn1c(SC(C(=O)NC2CC2)c2ccccc2)nnc1-c1ccco1. The summed E-state index contributed by atoms with van der Waals surface area (Å²) >= 11 is 1.42. The fourth-order valence-corrected chi connectivity index (χ4v) is 3.87. The summed E-state index contributed by atoms with van der Waals surface area (Å²) in [5.74, 6) is 1.37. The van der Waals surface area contributed by atoms with Gasteiger partial charge in [0.05, 0.1) is 6.26 Å². The third-order valence-corrected chi connectivity index (χ3v) is 5.50. The van der Waals surface area contributed by atoms with Crippen molar-refractivity contribution in [3.05, 3.63) is 54.3 Å². The van der Waals surface area contributed by atoms with Gasteiger partial charge in [0, 0.05) is 12.6 Å². The lowest BCUT2D eigenvalue weighted by Crippen LogP contribution is -2.30. The van der Waals surface area contributed by atoms with Crippen molar-refractivity contribution in [2.75, 3.05) is 0 Å². The molecule has 0 spiro atoms. The maximum absolute atomic E-state index is 12.8. The number of thioether (sulfide) groups is 1. The lowest BCUT2D eigenvalue weighted by atomic mass is 10.1. The van der Waals surface area contributed by atoms with Gasteiger partial charge in [0.15, 0.2) is 16.7 Å². The highest BCUT2D eigenvalue weighted by atomic mass is 32.2. The predicted octanol–water partition coefficient (Wildman–Crippen LogP) is 3.67. The van der Waals surface area contributed by atoms with Gasteiger partial charge >= 0.3 is 0 Å². The molecule has 1 aromatic carbocycles. The summed E-state index contributed by atoms with van der Waals surface area (Å²) < 4.78 is 7.44. The zero-order valence-corrected chi connectivity index (χ0v) is 15.3. The van der Waals surface area contributed by atoms with Crippen molar-refractivity contribution in [2.45, 2.75) is 42.8 Å². The van der Waals surface area contributed by atoms with Crippen molar-refractivity contribution in [3.63, 3.8) is 0 Å². The lowest BCUT2D eigenvalue weighted by Gasteiger charge is -2.16. The largest absolute Gasteiger partial charge is 0.461 e. The van der Waals surface area contributed by atoms with Crippen LogP contribution in [0.25, 0.3) is 11.6 Å². The number of hydrogen-bond donors (Lipinski definition) is 1. The molecule has 134 valence electrons. The molecule has 1 amide bonds. The van der Waals surface area contributed by atoms with E-state index in [2.05, 4.69) is 15.5 Å². The molecule has 1 aliphatic rings. The van der Waals surface area contributed by atoms with E-state index < -0.39 is 0 Å². The number of amides is 1. The number of benzene rings is 1. The Balaban J connectivity index is 1.64. The Morgan fingerprint density at radius 1 is 1.27 bits per heavy atom. The molecule has 26 heavy (non-hydrogen) atoms. The van der Waals surface area contributed by atoms with Crippen molar-refractivity contribution in [1.82, 2.24) is 20.1 Å². The minimum Gasteiger partial charge on any atom is -0.461 e. The maximum atomic E-state index is 12.8. The summed E-state index contributed by atoms with van der Waals surface area (Å²) in [6, 6.07) is 13.8. The summed E-state index contributed by atoms with van der Waals surface area (Å²) in [4.78, 5) is 12.8. The van der Waals surface area contributed by atoms with E-state index in [1.807, 2.05) is 54.0 Å². The Labute approximate surface area is 156 Å². The number of nitrogens with one attached hydrogen (secondary N) is 1. The smallest absolute Gasteiger partial charge is 0.238 e. The molecule has 1 atom stereocenters. The first kappa shape index (κ1) is 16.9. The van der Waals surface area contributed by atoms with Crippen LogP contribution >= 0.6 is 11.8 Å². The molecule has 1 fully saturated rings. The van der Waals surface area contributed by atoms with Crippen molar-refractivity contribution >= 4 is 17.7 Å². The number of nitrogens with zero attached hydrogens (tertiary/aromatic N) is 3. The third-order valence-electron chi connectivity index (χ3n) is 4.26. The fourth-order valence-electron chi connectivity index (χ4n) is 2.76. The van der Waals surface area contributed by atoms with E-state index in [0.29, 0.717) is 29.3 Å². The molecule has 0 radical (unpaired) electrons. The molecule has 1 aliphatic carbocycles. The molecule has 2 aromatic heterocycles. The Morgan fingerprint density at radius 3 is 2.73 bits per heavy atom. The normalized spacial score (nSPS) is 15.0. The van der Waals surface area contributed by atoms with Gasteiger partial charge < -0.3 is 9.73 Å². The van der Waals surface area contributed by atoms with E-state index >= 15 is 0 Å². The van der Waals surface area contributed by atoms with Gasteiger partial charge in [0.25, 0.3) is 0 Å². The number of aromatic nitrogens is 3. The predicted molar refractivity (Wildman–Crippen MR) is 99.6 cm³/mol. The Kier molecular flexibility index (Phi) is 4.79. The molecular weight excluding hydrogens is 348 g/mol. The number of furan rings is 1. The highest BCUT2D eigenvalue weighted by Gasteiger charge is 2.30. The summed E-state index contributed by atoms with van der Waals surface area (Å²) in [7, 11) is 0. The molecule has 0 saturated heterocycles. The number of rotatable bonds is 7. The average Bonchev–Trinajstić information content (AvgIpc) is 3.16. The minimum atomic E-state index is -0.365. The monoisotopic (exact) mass is 368 g/mol. The summed E-state index contributed by atoms with van der Waals surface area (Å²) in [6.45, 7) is 2.72. The molecule has 3 aromatic rings. The zero-order valence-electron chi connectivity index (χ0n) is 14.5. The van der Waals surface area contributed by atoms with Crippen LogP contribution in [0.15, 0.2) is 58.3 Å². The van der Waals surface area contributed by atoms with Crippen LogP contribution < -0.4 is 5.32 Å². The topological polar surface area (TPSA) is 73.0 Å². The molecule has 1 N–H and O–H groups in total. The van der Waals surface area contributed by atoms with Crippen LogP contribution in [0.1, 0.15) is 30.6 Å². The minimum absolute atomic E-state index is 0.0221. The van der Waals surface area contributed by atoms with Crippen molar-refractivity contribution < 1.29 is 9.21 Å². The Bertz CT molecular complexity index is 872. The highest BCUT2D eigenvalue weighted by Crippen LogP contribution is 2.37. The number of hydrogen-bond acceptors (Lipinski definition) is 5. The molecule has 4 rings (SSSR count). The quantitative estimate of drug-likeness (QED) is 0.644. The van der Waals surface area contributed by atoms with E-state index in [4.69, 9.17) is 4.42 Å². The van der Waals surface area contributed by atoms with Crippen LogP contribution in [0.5, 0.6) is 0 Å². The van der Waals surface area contributed by atoms with Gasteiger partial charge in [-0.2, -0.15) is 0 Å². The molecule has 7 heteroatoms. The van der Waals surface area contributed by atoms with Crippen LogP contribution in [0.3, 0.4) is 0 Å². The van der Waals surface area contributed by atoms with Gasteiger partial charge in [-0.15, -0.1) is 10.2 Å².